The third kappa shape index (κ3) is 1.82. The molecule has 0 aliphatic carbocycles. The molecule has 0 aliphatic heterocycles. The molecule has 2 aromatic heterocycles. The molecule has 96 valence electrons. The number of hydrogen-bond donors (Lipinski definition) is 0. The highest BCUT2D eigenvalue weighted by Gasteiger charge is 2.09. The summed E-state index contributed by atoms with van der Waals surface area (Å²) in [5, 5.41) is 8.41. The number of fused-ring (bicyclic) bond motifs is 1. The molecule has 3 rings (SSSR count). The molecule has 0 bridgehead atoms. The van der Waals surface area contributed by atoms with Gasteiger partial charge in [0.05, 0.1) is 5.69 Å². The van der Waals surface area contributed by atoms with Crippen LogP contribution in [0.2, 0.25) is 5.02 Å². The lowest BCUT2D eigenvalue weighted by Gasteiger charge is -2.07. The molecule has 2 heterocycles. The number of halogens is 1. The SMILES string of the molecule is Cc1ccc(-n2ccn3c(C)nnc3c2=O)cc1Cl. The summed E-state index contributed by atoms with van der Waals surface area (Å²) in [6.45, 7) is 3.71. The van der Waals surface area contributed by atoms with Crippen LogP contribution in [0, 0.1) is 13.8 Å². The first-order chi connectivity index (χ1) is 9.08. The molecule has 0 spiro atoms. The van der Waals surface area contributed by atoms with Crippen LogP contribution < -0.4 is 5.56 Å². The molecule has 0 unspecified atom stereocenters. The van der Waals surface area contributed by atoms with Crippen LogP contribution in [0.4, 0.5) is 0 Å². The summed E-state index contributed by atoms with van der Waals surface area (Å²) in [7, 11) is 0. The van der Waals surface area contributed by atoms with Gasteiger partial charge in [-0.3, -0.25) is 13.8 Å². The lowest BCUT2D eigenvalue weighted by molar-refractivity contribution is 0.936. The number of hydrogen-bond acceptors (Lipinski definition) is 3. The van der Waals surface area contributed by atoms with Crippen molar-refractivity contribution < 1.29 is 0 Å². The zero-order valence-corrected chi connectivity index (χ0v) is 11.2. The normalized spacial score (nSPS) is 11.1. The molecule has 0 saturated carbocycles. The molecule has 0 radical (unpaired) electrons. The van der Waals surface area contributed by atoms with Gasteiger partial charge in [0.2, 0.25) is 5.65 Å². The van der Waals surface area contributed by atoms with Crippen molar-refractivity contribution in [2.24, 2.45) is 0 Å². The third-order valence-corrected chi connectivity index (χ3v) is 3.48. The number of benzene rings is 1. The smallest absolute Gasteiger partial charge is 0.281 e. The maximum absolute atomic E-state index is 12.3. The van der Waals surface area contributed by atoms with Gasteiger partial charge in [-0.05, 0) is 31.5 Å². The molecule has 0 fully saturated rings. The molecular weight excluding hydrogens is 264 g/mol. The van der Waals surface area contributed by atoms with Gasteiger partial charge >= 0.3 is 5.56 Å². The van der Waals surface area contributed by atoms with Crippen LogP contribution in [0.15, 0.2) is 35.4 Å². The first kappa shape index (κ1) is 11.9. The van der Waals surface area contributed by atoms with Crippen LogP contribution in [0.5, 0.6) is 0 Å². The monoisotopic (exact) mass is 274 g/mol. The van der Waals surface area contributed by atoms with Gasteiger partial charge in [-0.25, -0.2) is 0 Å². The molecule has 0 saturated heterocycles. The van der Waals surface area contributed by atoms with E-state index in [0.29, 0.717) is 22.2 Å². The van der Waals surface area contributed by atoms with Crippen molar-refractivity contribution in [3.63, 3.8) is 0 Å². The van der Waals surface area contributed by atoms with E-state index in [0.717, 1.165) is 5.56 Å². The Morgan fingerprint density at radius 1 is 1.16 bits per heavy atom. The summed E-state index contributed by atoms with van der Waals surface area (Å²) < 4.78 is 3.17. The number of aryl methyl sites for hydroxylation is 2. The lowest BCUT2D eigenvalue weighted by Crippen LogP contribution is -2.20. The van der Waals surface area contributed by atoms with Gasteiger partial charge in [0.15, 0.2) is 0 Å². The van der Waals surface area contributed by atoms with Gasteiger partial charge in [0.25, 0.3) is 0 Å². The molecule has 0 aliphatic rings. The Bertz CT molecular complexity index is 834. The first-order valence-electron chi connectivity index (χ1n) is 5.77. The van der Waals surface area contributed by atoms with E-state index in [4.69, 9.17) is 11.6 Å². The van der Waals surface area contributed by atoms with E-state index in [9.17, 15) is 4.79 Å². The van der Waals surface area contributed by atoms with Crippen LogP contribution in [0.25, 0.3) is 11.3 Å². The van der Waals surface area contributed by atoms with Crippen molar-refractivity contribution in [3.05, 3.63) is 57.4 Å². The highest BCUT2D eigenvalue weighted by molar-refractivity contribution is 6.31. The highest BCUT2D eigenvalue weighted by atomic mass is 35.5. The van der Waals surface area contributed by atoms with Gasteiger partial charge in [-0.2, -0.15) is 0 Å². The molecule has 0 N–H and O–H groups in total. The minimum atomic E-state index is -0.219. The Labute approximate surface area is 114 Å². The van der Waals surface area contributed by atoms with E-state index < -0.39 is 0 Å². The molecule has 1 aromatic carbocycles. The average Bonchev–Trinajstić information content (AvgIpc) is 2.76. The van der Waals surface area contributed by atoms with Crippen molar-refractivity contribution in [3.8, 4) is 5.69 Å². The fraction of sp³-hybridized carbons (Fsp3) is 0.154. The summed E-state index contributed by atoms with van der Waals surface area (Å²) in [4.78, 5) is 12.3. The Morgan fingerprint density at radius 2 is 1.95 bits per heavy atom. The lowest BCUT2D eigenvalue weighted by atomic mass is 10.2. The van der Waals surface area contributed by atoms with Crippen molar-refractivity contribution in [2.45, 2.75) is 13.8 Å². The molecular formula is C13H11ClN4O. The van der Waals surface area contributed by atoms with E-state index in [-0.39, 0.29) is 5.56 Å². The second-order valence-corrected chi connectivity index (χ2v) is 4.75. The molecule has 3 aromatic rings. The van der Waals surface area contributed by atoms with Crippen molar-refractivity contribution in [2.75, 3.05) is 0 Å². The molecule has 0 amide bonds. The summed E-state index contributed by atoms with van der Waals surface area (Å²) in [5.41, 5.74) is 1.77. The topological polar surface area (TPSA) is 52.2 Å². The van der Waals surface area contributed by atoms with Crippen molar-refractivity contribution in [1.29, 1.82) is 0 Å². The average molecular weight is 275 g/mol. The number of nitrogens with zero attached hydrogens (tertiary/aromatic N) is 4. The van der Waals surface area contributed by atoms with Crippen LogP contribution in [-0.2, 0) is 0 Å². The first-order valence-corrected chi connectivity index (χ1v) is 6.15. The Morgan fingerprint density at radius 3 is 2.68 bits per heavy atom. The summed E-state index contributed by atoms with van der Waals surface area (Å²) in [5.74, 6) is 0.682. The minimum absolute atomic E-state index is 0.219. The van der Waals surface area contributed by atoms with Gasteiger partial charge < -0.3 is 0 Å². The van der Waals surface area contributed by atoms with Gasteiger partial charge in [0, 0.05) is 17.4 Å². The largest absolute Gasteiger partial charge is 0.300 e. The van der Waals surface area contributed by atoms with Gasteiger partial charge in [-0.15, -0.1) is 10.2 Å². The van der Waals surface area contributed by atoms with Crippen molar-refractivity contribution >= 4 is 17.2 Å². The number of rotatable bonds is 1. The Balaban J connectivity index is 2.28. The Kier molecular flexibility index (Phi) is 2.64. The molecule has 19 heavy (non-hydrogen) atoms. The Hall–Kier alpha value is -2.14. The van der Waals surface area contributed by atoms with E-state index in [2.05, 4.69) is 10.2 Å². The maximum atomic E-state index is 12.3. The molecule has 6 heteroatoms. The third-order valence-electron chi connectivity index (χ3n) is 3.07. The van der Waals surface area contributed by atoms with Gasteiger partial charge in [0.1, 0.15) is 5.82 Å². The second-order valence-electron chi connectivity index (χ2n) is 4.35. The minimum Gasteiger partial charge on any atom is -0.281 e. The molecule has 0 atom stereocenters. The van der Waals surface area contributed by atoms with E-state index in [1.54, 1.807) is 29.8 Å². The highest BCUT2D eigenvalue weighted by Crippen LogP contribution is 2.18. The summed E-state index contributed by atoms with van der Waals surface area (Å²) in [6, 6.07) is 5.49. The van der Waals surface area contributed by atoms with E-state index in [1.807, 2.05) is 19.1 Å². The zero-order chi connectivity index (χ0) is 13.6. The van der Waals surface area contributed by atoms with Crippen LogP contribution in [-0.4, -0.2) is 19.2 Å². The van der Waals surface area contributed by atoms with Crippen molar-refractivity contribution in [1.82, 2.24) is 19.2 Å². The second kappa shape index (κ2) is 4.20. The quantitative estimate of drug-likeness (QED) is 0.683. The van der Waals surface area contributed by atoms with Crippen LogP contribution in [0.3, 0.4) is 0 Å². The maximum Gasteiger partial charge on any atom is 0.300 e. The fourth-order valence-electron chi connectivity index (χ4n) is 1.94. The van der Waals surface area contributed by atoms with Crippen LogP contribution >= 0.6 is 11.6 Å². The summed E-state index contributed by atoms with van der Waals surface area (Å²) >= 11 is 6.09. The van der Waals surface area contributed by atoms with E-state index in [1.165, 1.54) is 4.57 Å². The predicted molar refractivity (Wildman–Crippen MR) is 73.1 cm³/mol. The standard InChI is InChI=1S/C13H11ClN4O/c1-8-3-4-10(7-11(8)14)18-6-5-17-9(2)15-16-12(17)13(18)19/h3-7H,1-2H3. The fourth-order valence-corrected chi connectivity index (χ4v) is 2.11. The van der Waals surface area contributed by atoms with Crippen LogP contribution in [0.1, 0.15) is 11.4 Å². The van der Waals surface area contributed by atoms with Gasteiger partial charge in [-0.1, -0.05) is 17.7 Å². The zero-order valence-electron chi connectivity index (χ0n) is 10.5. The molecule has 5 nitrogen and oxygen atoms in total. The van der Waals surface area contributed by atoms with E-state index >= 15 is 0 Å². The summed E-state index contributed by atoms with van der Waals surface area (Å²) in [6.07, 6.45) is 3.45. The number of aromatic nitrogens is 4. The predicted octanol–water partition coefficient (Wildman–Crippen LogP) is 2.15.